The zero-order valence-corrected chi connectivity index (χ0v) is 28.3. The number of halogens is 1. The molecule has 2 aromatic carbocycles. The summed E-state index contributed by atoms with van der Waals surface area (Å²) < 4.78 is 23.7. The van der Waals surface area contributed by atoms with E-state index in [1.165, 1.54) is 11.8 Å². The standard InChI is InChI=1S/C33H43ClN4O8S/c1-21(39)10-12-25(31(35)42)19-29(40)27(18-22-11-13-23-7-3-4-8-24(23)17-22)37-32(43)28-9-5-6-15-38(28)33(44)26(36-30(41)20-34)14-16-47(2,45)46/h3-4,7-8,11,13,17,25-28H,5-6,9-10,12,14-16,18-20H2,1-2H3,(H2,35,42)(H,36,41)(H,37,43)/t25-,26+,27+,28+/m1/s1. The topological polar surface area (TPSA) is 190 Å². The Hall–Kier alpha value is -3.84. The molecule has 0 aliphatic carbocycles. The van der Waals surface area contributed by atoms with Gasteiger partial charge < -0.3 is 26.1 Å². The fourth-order valence-corrected chi connectivity index (χ4v) is 6.45. The molecule has 0 radical (unpaired) electrons. The van der Waals surface area contributed by atoms with Gasteiger partial charge in [-0.2, -0.15) is 0 Å². The van der Waals surface area contributed by atoms with E-state index in [0.717, 1.165) is 22.6 Å². The molecule has 0 saturated carbocycles. The van der Waals surface area contributed by atoms with Crippen molar-refractivity contribution in [2.75, 3.05) is 24.4 Å². The zero-order valence-electron chi connectivity index (χ0n) is 26.7. The summed E-state index contributed by atoms with van der Waals surface area (Å²) in [4.78, 5) is 78.5. The van der Waals surface area contributed by atoms with Crippen LogP contribution in [0.15, 0.2) is 42.5 Å². The molecule has 1 heterocycles. The van der Waals surface area contributed by atoms with E-state index in [2.05, 4.69) is 10.6 Å². The summed E-state index contributed by atoms with van der Waals surface area (Å²) in [6.07, 6.45) is 2.26. The maximum Gasteiger partial charge on any atom is 0.245 e. The first-order chi connectivity index (χ1) is 22.2. The molecule has 0 aromatic heterocycles. The van der Waals surface area contributed by atoms with Gasteiger partial charge in [0.15, 0.2) is 5.78 Å². The molecule has 47 heavy (non-hydrogen) atoms. The van der Waals surface area contributed by atoms with E-state index in [0.29, 0.717) is 12.8 Å². The highest BCUT2D eigenvalue weighted by Crippen LogP contribution is 2.22. The minimum Gasteiger partial charge on any atom is -0.369 e. The van der Waals surface area contributed by atoms with Crippen molar-refractivity contribution in [3.05, 3.63) is 48.0 Å². The number of hydrogen-bond donors (Lipinski definition) is 3. The maximum absolute atomic E-state index is 13.9. The lowest BCUT2D eigenvalue weighted by molar-refractivity contribution is -0.145. The van der Waals surface area contributed by atoms with Crippen LogP contribution < -0.4 is 16.4 Å². The Morgan fingerprint density at radius 3 is 2.32 bits per heavy atom. The van der Waals surface area contributed by atoms with Gasteiger partial charge in [0.25, 0.3) is 0 Å². The molecule has 3 rings (SSSR count). The number of carbonyl (C=O) groups is 6. The highest BCUT2D eigenvalue weighted by Gasteiger charge is 2.38. The Kier molecular flexibility index (Phi) is 13.9. The number of benzene rings is 2. The summed E-state index contributed by atoms with van der Waals surface area (Å²) in [5, 5.41) is 7.22. The lowest BCUT2D eigenvalue weighted by Gasteiger charge is -2.37. The molecule has 2 aromatic rings. The minimum atomic E-state index is -3.47. The second-order valence-electron chi connectivity index (χ2n) is 12.2. The number of primary amides is 1. The average molecular weight is 691 g/mol. The number of nitrogens with zero attached hydrogens (tertiary/aromatic N) is 1. The number of amides is 4. The van der Waals surface area contributed by atoms with Crippen molar-refractivity contribution in [1.82, 2.24) is 15.5 Å². The summed E-state index contributed by atoms with van der Waals surface area (Å²) >= 11 is 5.64. The number of Topliss-reactive ketones (excluding diaryl/α,β-unsaturated/α-hetero) is 2. The van der Waals surface area contributed by atoms with Crippen LogP contribution in [0.25, 0.3) is 10.8 Å². The molecule has 4 amide bonds. The second kappa shape index (κ2) is 17.4. The molecule has 0 spiro atoms. The molecule has 4 atom stereocenters. The number of piperidine rings is 1. The number of sulfone groups is 1. The number of ketones is 2. The number of hydrogen-bond acceptors (Lipinski definition) is 8. The van der Waals surface area contributed by atoms with Gasteiger partial charge >= 0.3 is 0 Å². The number of likely N-dealkylation sites (tertiary alicyclic amines) is 1. The van der Waals surface area contributed by atoms with Gasteiger partial charge in [0.2, 0.25) is 23.6 Å². The van der Waals surface area contributed by atoms with E-state index < -0.39 is 69.2 Å². The van der Waals surface area contributed by atoms with Gasteiger partial charge in [-0.15, -0.1) is 11.6 Å². The Bertz CT molecular complexity index is 1600. The highest BCUT2D eigenvalue weighted by atomic mass is 35.5. The van der Waals surface area contributed by atoms with Crippen LogP contribution in [-0.2, 0) is 45.0 Å². The predicted octanol–water partition coefficient (Wildman–Crippen LogP) is 1.84. The van der Waals surface area contributed by atoms with Crippen LogP contribution in [0.2, 0.25) is 0 Å². The third kappa shape index (κ3) is 11.7. The normalized spacial score (nSPS) is 16.9. The van der Waals surface area contributed by atoms with Gasteiger partial charge in [0, 0.05) is 31.6 Å². The van der Waals surface area contributed by atoms with Crippen LogP contribution in [0.1, 0.15) is 57.4 Å². The predicted molar refractivity (Wildman–Crippen MR) is 178 cm³/mol. The van der Waals surface area contributed by atoms with Gasteiger partial charge in [0.1, 0.15) is 33.6 Å². The van der Waals surface area contributed by atoms with Crippen LogP contribution >= 0.6 is 11.6 Å². The quantitative estimate of drug-likeness (QED) is 0.210. The third-order valence-electron chi connectivity index (χ3n) is 8.27. The van der Waals surface area contributed by atoms with Crippen LogP contribution in [0, 0.1) is 5.92 Å². The SMILES string of the molecule is CC(=O)CC[C@H](CC(=O)[C@H](Cc1ccc2ccccc2c1)NC(=O)[C@@H]1CCCCN1C(=O)[C@H](CCS(C)(=O)=O)NC(=O)CCl)C(N)=O. The van der Waals surface area contributed by atoms with E-state index >= 15 is 0 Å². The molecular formula is C33H43ClN4O8S. The van der Waals surface area contributed by atoms with E-state index in [1.54, 1.807) is 0 Å². The minimum absolute atomic E-state index is 0.0719. The van der Waals surface area contributed by atoms with Gasteiger partial charge in [-0.3, -0.25) is 24.0 Å². The number of carbonyl (C=O) groups excluding carboxylic acids is 6. The first-order valence-corrected chi connectivity index (χ1v) is 18.2. The Balaban J connectivity index is 1.89. The van der Waals surface area contributed by atoms with E-state index in [4.69, 9.17) is 17.3 Å². The average Bonchev–Trinajstić information content (AvgIpc) is 3.03. The maximum atomic E-state index is 13.9. The van der Waals surface area contributed by atoms with Crippen LogP contribution in [0.4, 0.5) is 0 Å². The first kappa shape index (κ1) is 37.6. The van der Waals surface area contributed by atoms with Crippen molar-refractivity contribution in [1.29, 1.82) is 0 Å². The molecule has 1 fully saturated rings. The Labute approximate surface area is 280 Å². The molecule has 1 aliphatic heterocycles. The molecule has 256 valence electrons. The highest BCUT2D eigenvalue weighted by molar-refractivity contribution is 7.90. The third-order valence-corrected chi connectivity index (χ3v) is 9.49. The monoisotopic (exact) mass is 690 g/mol. The zero-order chi connectivity index (χ0) is 34.7. The fourth-order valence-electron chi connectivity index (χ4n) is 5.71. The lowest BCUT2D eigenvalue weighted by atomic mass is 9.90. The summed E-state index contributed by atoms with van der Waals surface area (Å²) in [6, 6.07) is 10.0. The summed E-state index contributed by atoms with van der Waals surface area (Å²) in [5.74, 6) is -4.92. The molecule has 0 bridgehead atoms. The van der Waals surface area contributed by atoms with E-state index in [-0.39, 0.29) is 56.6 Å². The van der Waals surface area contributed by atoms with Crippen LogP contribution in [0.3, 0.4) is 0 Å². The largest absolute Gasteiger partial charge is 0.369 e. The molecule has 1 aliphatic rings. The number of nitrogens with one attached hydrogen (secondary N) is 2. The number of alkyl halides is 1. The van der Waals surface area contributed by atoms with Crippen molar-refractivity contribution in [3.8, 4) is 0 Å². The summed E-state index contributed by atoms with van der Waals surface area (Å²) in [6.45, 7) is 1.56. The second-order valence-corrected chi connectivity index (χ2v) is 14.7. The number of rotatable bonds is 17. The molecule has 4 N–H and O–H groups in total. The van der Waals surface area contributed by atoms with Crippen molar-refractivity contribution in [3.63, 3.8) is 0 Å². The van der Waals surface area contributed by atoms with Crippen molar-refractivity contribution in [2.45, 2.75) is 76.4 Å². The Morgan fingerprint density at radius 2 is 1.68 bits per heavy atom. The van der Waals surface area contributed by atoms with Crippen molar-refractivity contribution in [2.24, 2.45) is 11.7 Å². The van der Waals surface area contributed by atoms with Crippen molar-refractivity contribution < 1.29 is 37.2 Å². The number of fused-ring (bicyclic) bond motifs is 1. The summed E-state index contributed by atoms with van der Waals surface area (Å²) in [5.41, 5.74) is 6.32. The van der Waals surface area contributed by atoms with Gasteiger partial charge in [-0.05, 0) is 61.8 Å². The van der Waals surface area contributed by atoms with E-state index in [9.17, 15) is 37.2 Å². The smallest absolute Gasteiger partial charge is 0.245 e. The Morgan fingerprint density at radius 1 is 0.979 bits per heavy atom. The molecule has 0 unspecified atom stereocenters. The number of nitrogens with two attached hydrogens (primary N) is 1. The molecule has 1 saturated heterocycles. The van der Waals surface area contributed by atoms with Gasteiger partial charge in [-0.1, -0.05) is 42.5 Å². The van der Waals surface area contributed by atoms with Gasteiger partial charge in [0.05, 0.1) is 11.8 Å². The van der Waals surface area contributed by atoms with Crippen molar-refractivity contribution >= 4 is 67.4 Å². The van der Waals surface area contributed by atoms with Crippen LogP contribution in [0.5, 0.6) is 0 Å². The first-order valence-electron chi connectivity index (χ1n) is 15.6. The summed E-state index contributed by atoms with van der Waals surface area (Å²) in [7, 11) is -3.47. The molecule has 14 heteroatoms. The molecule has 12 nitrogen and oxygen atoms in total. The van der Waals surface area contributed by atoms with Crippen LogP contribution in [-0.4, -0.2) is 91.1 Å². The molecular weight excluding hydrogens is 648 g/mol. The lowest BCUT2D eigenvalue weighted by Crippen LogP contribution is -2.59. The van der Waals surface area contributed by atoms with E-state index in [1.807, 2.05) is 42.5 Å². The fraction of sp³-hybridized carbons (Fsp3) is 0.515. The van der Waals surface area contributed by atoms with Gasteiger partial charge in [-0.25, -0.2) is 8.42 Å².